The van der Waals surface area contributed by atoms with Crippen LogP contribution in [0.25, 0.3) is 0 Å². The molecule has 0 radical (unpaired) electrons. The van der Waals surface area contributed by atoms with Crippen molar-refractivity contribution in [1.29, 1.82) is 5.26 Å². The van der Waals surface area contributed by atoms with Gasteiger partial charge in [-0.05, 0) is 61.1 Å². The second kappa shape index (κ2) is 8.50. The Morgan fingerprint density at radius 3 is 2.85 bits per heavy atom. The summed E-state index contributed by atoms with van der Waals surface area (Å²) >= 11 is 1.52. The molecule has 3 rings (SSSR count). The SMILES string of the molecule is COc1ccc(/C=N/NCC(=O)Nc2sc3c(c2C#N)CCCC3)cc1. The summed E-state index contributed by atoms with van der Waals surface area (Å²) in [4.78, 5) is 13.4. The number of thiophene rings is 1. The summed E-state index contributed by atoms with van der Waals surface area (Å²) in [6.45, 7) is 0.0418. The van der Waals surface area contributed by atoms with Gasteiger partial charge in [-0.3, -0.25) is 4.79 Å². The molecule has 7 heteroatoms. The average Bonchev–Trinajstić information content (AvgIpc) is 3.02. The highest BCUT2D eigenvalue weighted by Crippen LogP contribution is 2.37. The predicted octanol–water partition coefficient (Wildman–Crippen LogP) is 3.07. The zero-order chi connectivity index (χ0) is 18.4. The van der Waals surface area contributed by atoms with E-state index in [0.29, 0.717) is 10.6 Å². The minimum atomic E-state index is -0.216. The van der Waals surface area contributed by atoms with E-state index in [4.69, 9.17) is 4.74 Å². The van der Waals surface area contributed by atoms with Crippen molar-refractivity contribution >= 4 is 28.5 Å². The topological polar surface area (TPSA) is 86.5 Å². The number of nitrogens with zero attached hydrogens (tertiary/aromatic N) is 2. The van der Waals surface area contributed by atoms with Crippen LogP contribution >= 0.6 is 11.3 Å². The lowest BCUT2D eigenvalue weighted by atomic mass is 9.96. The van der Waals surface area contributed by atoms with E-state index in [1.54, 1.807) is 13.3 Å². The largest absolute Gasteiger partial charge is 0.497 e. The van der Waals surface area contributed by atoms with Crippen LogP contribution in [-0.2, 0) is 17.6 Å². The minimum Gasteiger partial charge on any atom is -0.497 e. The lowest BCUT2D eigenvalue weighted by molar-refractivity contribution is -0.115. The molecule has 2 aromatic rings. The third kappa shape index (κ3) is 4.21. The zero-order valence-corrected chi connectivity index (χ0v) is 15.4. The molecule has 1 aromatic carbocycles. The molecule has 134 valence electrons. The fourth-order valence-corrected chi connectivity index (χ4v) is 4.13. The number of hydrazone groups is 1. The number of carbonyl (C=O) groups excluding carboxylic acids is 1. The number of ether oxygens (including phenoxy) is 1. The van der Waals surface area contributed by atoms with Crippen molar-refractivity contribution in [3.63, 3.8) is 0 Å². The Morgan fingerprint density at radius 2 is 2.12 bits per heavy atom. The number of anilines is 1. The normalized spacial score (nSPS) is 13.1. The van der Waals surface area contributed by atoms with Crippen molar-refractivity contribution in [2.24, 2.45) is 5.10 Å². The summed E-state index contributed by atoms with van der Waals surface area (Å²) in [6, 6.07) is 9.68. The van der Waals surface area contributed by atoms with E-state index in [-0.39, 0.29) is 12.5 Å². The van der Waals surface area contributed by atoms with E-state index in [2.05, 4.69) is 21.9 Å². The van der Waals surface area contributed by atoms with Gasteiger partial charge in [-0.2, -0.15) is 10.4 Å². The maximum Gasteiger partial charge on any atom is 0.246 e. The summed E-state index contributed by atoms with van der Waals surface area (Å²) in [6.07, 6.45) is 5.81. The summed E-state index contributed by atoms with van der Waals surface area (Å²) in [5.74, 6) is 0.563. The Balaban J connectivity index is 1.53. The highest BCUT2D eigenvalue weighted by Gasteiger charge is 2.21. The molecule has 1 aliphatic rings. The van der Waals surface area contributed by atoms with Crippen LogP contribution < -0.4 is 15.5 Å². The van der Waals surface area contributed by atoms with Gasteiger partial charge in [0.25, 0.3) is 0 Å². The Bertz CT molecular complexity index is 850. The number of amides is 1. The molecule has 2 N–H and O–H groups in total. The second-order valence-corrected chi connectivity index (χ2v) is 7.05. The van der Waals surface area contributed by atoms with Crippen molar-refractivity contribution in [2.75, 3.05) is 19.0 Å². The standard InChI is InChI=1S/C19H20N4O2S/c1-25-14-8-6-13(7-9-14)11-21-22-12-18(24)23-19-16(10-20)15-4-2-3-5-17(15)26-19/h6-9,11,22H,2-5,12H2,1H3,(H,23,24)/b21-11+. The van der Waals surface area contributed by atoms with Crippen molar-refractivity contribution in [2.45, 2.75) is 25.7 Å². The molecule has 26 heavy (non-hydrogen) atoms. The number of nitrogens with one attached hydrogen (secondary N) is 2. The second-order valence-electron chi connectivity index (χ2n) is 5.94. The zero-order valence-electron chi connectivity index (χ0n) is 14.5. The first-order chi connectivity index (χ1) is 12.7. The van der Waals surface area contributed by atoms with Crippen LogP contribution in [0.4, 0.5) is 5.00 Å². The van der Waals surface area contributed by atoms with E-state index in [1.807, 2.05) is 24.3 Å². The fourth-order valence-electron chi connectivity index (χ4n) is 2.87. The first-order valence-electron chi connectivity index (χ1n) is 8.45. The van der Waals surface area contributed by atoms with Gasteiger partial charge in [0.1, 0.15) is 23.4 Å². The van der Waals surface area contributed by atoms with Crippen LogP contribution in [0.5, 0.6) is 5.75 Å². The Hall–Kier alpha value is -2.85. The van der Waals surface area contributed by atoms with Crippen LogP contribution in [-0.4, -0.2) is 25.8 Å². The van der Waals surface area contributed by atoms with Crippen LogP contribution in [0.2, 0.25) is 0 Å². The fraction of sp³-hybridized carbons (Fsp3) is 0.316. The van der Waals surface area contributed by atoms with Gasteiger partial charge in [0, 0.05) is 4.88 Å². The monoisotopic (exact) mass is 368 g/mol. The number of benzene rings is 1. The Kier molecular flexibility index (Phi) is 5.87. The molecule has 0 aliphatic heterocycles. The van der Waals surface area contributed by atoms with Gasteiger partial charge in [0.05, 0.1) is 18.9 Å². The van der Waals surface area contributed by atoms with Gasteiger partial charge < -0.3 is 15.5 Å². The molecule has 1 aromatic heterocycles. The minimum absolute atomic E-state index is 0.0418. The summed E-state index contributed by atoms with van der Waals surface area (Å²) < 4.78 is 5.10. The summed E-state index contributed by atoms with van der Waals surface area (Å²) in [7, 11) is 1.62. The van der Waals surface area contributed by atoms with Crippen molar-refractivity contribution in [3.05, 3.63) is 45.8 Å². The van der Waals surface area contributed by atoms with Crippen molar-refractivity contribution in [1.82, 2.24) is 5.43 Å². The molecular formula is C19H20N4O2S. The lowest BCUT2D eigenvalue weighted by Crippen LogP contribution is -2.24. The molecule has 1 heterocycles. The van der Waals surface area contributed by atoms with E-state index in [0.717, 1.165) is 42.6 Å². The maximum atomic E-state index is 12.1. The third-order valence-electron chi connectivity index (χ3n) is 4.20. The van der Waals surface area contributed by atoms with Gasteiger partial charge >= 0.3 is 0 Å². The van der Waals surface area contributed by atoms with Gasteiger partial charge in [-0.1, -0.05) is 0 Å². The van der Waals surface area contributed by atoms with Gasteiger partial charge in [0.15, 0.2) is 0 Å². The Labute approximate surface area is 156 Å². The van der Waals surface area contributed by atoms with E-state index in [9.17, 15) is 10.1 Å². The number of carbonyl (C=O) groups is 1. The van der Waals surface area contributed by atoms with Crippen LogP contribution in [0, 0.1) is 11.3 Å². The molecule has 0 unspecified atom stereocenters. The number of aryl methyl sites for hydroxylation is 1. The number of fused-ring (bicyclic) bond motifs is 1. The molecule has 1 aliphatic carbocycles. The van der Waals surface area contributed by atoms with E-state index in [1.165, 1.54) is 16.2 Å². The molecule has 0 saturated heterocycles. The number of methoxy groups -OCH3 is 1. The van der Waals surface area contributed by atoms with Crippen molar-refractivity contribution < 1.29 is 9.53 Å². The number of hydrogen-bond donors (Lipinski definition) is 2. The van der Waals surface area contributed by atoms with E-state index < -0.39 is 0 Å². The highest BCUT2D eigenvalue weighted by molar-refractivity contribution is 7.16. The summed E-state index contributed by atoms with van der Waals surface area (Å²) in [5.41, 5.74) is 5.37. The molecular weight excluding hydrogens is 348 g/mol. The molecule has 0 bridgehead atoms. The quantitative estimate of drug-likeness (QED) is 0.606. The first kappa shape index (κ1) is 18.0. The molecule has 0 saturated carbocycles. The van der Waals surface area contributed by atoms with Gasteiger partial charge in [-0.25, -0.2) is 0 Å². The third-order valence-corrected chi connectivity index (χ3v) is 5.40. The van der Waals surface area contributed by atoms with Crippen LogP contribution in [0.3, 0.4) is 0 Å². The number of rotatable bonds is 6. The van der Waals surface area contributed by atoms with Crippen LogP contribution in [0.1, 0.15) is 34.4 Å². The van der Waals surface area contributed by atoms with Gasteiger partial charge in [0.2, 0.25) is 5.91 Å². The highest BCUT2D eigenvalue weighted by atomic mass is 32.1. The molecule has 0 spiro atoms. The molecule has 6 nitrogen and oxygen atoms in total. The average molecular weight is 368 g/mol. The smallest absolute Gasteiger partial charge is 0.246 e. The van der Waals surface area contributed by atoms with Crippen LogP contribution in [0.15, 0.2) is 29.4 Å². The van der Waals surface area contributed by atoms with Crippen molar-refractivity contribution in [3.8, 4) is 11.8 Å². The predicted molar refractivity (Wildman–Crippen MR) is 103 cm³/mol. The molecule has 1 amide bonds. The number of hydrogen-bond acceptors (Lipinski definition) is 6. The van der Waals surface area contributed by atoms with Gasteiger partial charge in [-0.15, -0.1) is 11.3 Å². The lowest BCUT2D eigenvalue weighted by Gasteiger charge is -2.09. The first-order valence-corrected chi connectivity index (χ1v) is 9.27. The molecule has 0 fully saturated rings. The Morgan fingerprint density at radius 1 is 1.35 bits per heavy atom. The molecule has 0 atom stereocenters. The van der Waals surface area contributed by atoms with E-state index >= 15 is 0 Å². The number of nitriles is 1. The summed E-state index contributed by atoms with van der Waals surface area (Å²) in [5, 5.41) is 17.0. The maximum absolute atomic E-state index is 12.1.